The Morgan fingerprint density at radius 2 is 1.83 bits per heavy atom. The number of nitrogens with two attached hydrogens (primary N) is 1. The van der Waals surface area contributed by atoms with Crippen LogP contribution in [0.1, 0.15) is 49.8 Å². The van der Waals surface area contributed by atoms with Gasteiger partial charge < -0.3 is 20.5 Å². The molecule has 2 aromatic rings. The van der Waals surface area contributed by atoms with Gasteiger partial charge in [0.1, 0.15) is 0 Å². The number of hydrogen-bond acceptors (Lipinski definition) is 4. The highest BCUT2D eigenvalue weighted by molar-refractivity contribution is 5.85. The Morgan fingerprint density at radius 1 is 1.14 bits per heavy atom. The van der Waals surface area contributed by atoms with Crippen molar-refractivity contribution >= 4 is 18.3 Å². The smallest absolute Gasteiger partial charge is 0.225 e. The summed E-state index contributed by atoms with van der Waals surface area (Å²) in [6.45, 7) is 2.23. The minimum atomic E-state index is -0.347. The highest BCUT2D eigenvalue weighted by Gasteiger charge is 2.24. The van der Waals surface area contributed by atoms with Gasteiger partial charge in [-0.25, -0.2) is 0 Å². The molecule has 2 aromatic carbocycles. The van der Waals surface area contributed by atoms with Crippen molar-refractivity contribution in [2.45, 2.75) is 51.3 Å². The molecule has 1 saturated carbocycles. The molecule has 0 saturated heterocycles. The van der Waals surface area contributed by atoms with Crippen molar-refractivity contribution in [3.63, 3.8) is 0 Å². The molecule has 29 heavy (non-hydrogen) atoms. The monoisotopic (exact) mass is 418 g/mol. The summed E-state index contributed by atoms with van der Waals surface area (Å²) in [5.74, 6) is 1.02. The largest absolute Gasteiger partial charge is 0.493 e. The Hall–Kier alpha value is -2.24. The number of amides is 1. The van der Waals surface area contributed by atoms with Crippen molar-refractivity contribution in [2.24, 2.45) is 11.7 Å². The molecule has 2 atom stereocenters. The number of para-hydroxylation sites is 1. The standard InChI is InChI=1S/C23H30N2O3.ClH/c1-16(21(24)17-9-4-3-5-10-17)23(26)25-15-18-11-8-14-20(27-2)22(18)28-19-12-6-7-13-19;/h3-5,8-11,14,16,19,21H,6-7,12-13,15,24H2,1-2H3,(H,25,26);1H. The zero-order valence-electron chi connectivity index (χ0n) is 17.1. The van der Waals surface area contributed by atoms with E-state index in [1.165, 1.54) is 12.8 Å². The normalized spacial score (nSPS) is 15.8. The van der Waals surface area contributed by atoms with Crippen molar-refractivity contribution < 1.29 is 14.3 Å². The van der Waals surface area contributed by atoms with E-state index in [0.717, 1.165) is 29.7 Å². The lowest BCUT2D eigenvalue weighted by Gasteiger charge is -2.22. The first-order valence-corrected chi connectivity index (χ1v) is 10.0. The van der Waals surface area contributed by atoms with E-state index in [-0.39, 0.29) is 36.4 Å². The van der Waals surface area contributed by atoms with Crippen LogP contribution in [0.25, 0.3) is 0 Å². The van der Waals surface area contributed by atoms with Crippen LogP contribution in [0.15, 0.2) is 48.5 Å². The molecule has 1 fully saturated rings. The number of halogens is 1. The molecule has 1 amide bonds. The second kappa shape index (κ2) is 11.1. The van der Waals surface area contributed by atoms with Crippen molar-refractivity contribution in [3.8, 4) is 11.5 Å². The van der Waals surface area contributed by atoms with E-state index in [1.54, 1.807) is 7.11 Å². The molecular weight excluding hydrogens is 388 g/mol. The van der Waals surface area contributed by atoms with E-state index in [2.05, 4.69) is 5.32 Å². The lowest BCUT2D eigenvalue weighted by atomic mass is 9.94. The fourth-order valence-corrected chi connectivity index (χ4v) is 3.64. The lowest BCUT2D eigenvalue weighted by Crippen LogP contribution is -2.35. The lowest BCUT2D eigenvalue weighted by molar-refractivity contribution is -0.125. The van der Waals surface area contributed by atoms with Gasteiger partial charge in [-0.1, -0.05) is 49.4 Å². The third kappa shape index (κ3) is 5.87. The fraction of sp³-hybridized carbons (Fsp3) is 0.435. The molecule has 0 radical (unpaired) electrons. The SMILES string of the molecule is COc1cccc(CNC(=O)C(C)C(N)c2ccccc2)c1OC1CCCC1.Cl. The highest BCUT2D eigenvalue weighted by atomic mass is 35.5. The molecule has 0 bridgehead atoms. The number of hydrogen-bond donors (Lipinski definition) is 2. The van der Waals surface area contributed by atoms with Crippen molar-refractivity contribution in [3.05, 3.63) is 59.7 Å². The summed E-state index contributed by atoms with van der Waals surface area (Å²) >= 11 is 0. The summed E-state index contributed by atoms with van der Waals surface area (Å²) in [6, 6.07) is 15.1. The van der Waals surface area contributed by atoms with Gasteiger partial charge in [0.05, 0.1) is 19.1 Å². The van der Waals surface area contributed by atoms with Crippen LogP contribution in [0.5, 0.6) is 11.5 Å². The second-order valence-electron chi connectivity index (χ2n) is 7.42. The Labute approximate surface area is 179 Å². The topological polar surface area (TPSA) is 73.6 Å². The molecular formula is C23H31ClN2O3. The quantitative estimate of drug-likeness (QED) is 0.666. The predicted molar refractivity (Wildman–Crippen MR) is 118 cm³/mol. The second-order valence-corrected chi connectivity index (χ2v) is 7.42. The summed E-state index contributed by atoms with van der Waals surface area (Å²) < 4.78 is 11.7. The van der Waals surface area contributed by atoms with Crippen LogP contribution in [0.3, 0.4) is 0 Å². The predicted octanol–water partition coefficient (Wildman–Crippen LogP) is 4.39. The van der Waals surface area contributed by atoms with Gasteiger partial charge in [0.2, 0.25) is 5.91 Å². The Bertz CT molecular complexity index is 779. The first-order valence-electron chi connectivity index (χ1n) is 10.0. The van der Waals surface area contributed by atoms with Gasteiger partial charge in [-0.3, -0.25) is 4.79 Å². The Morgan fingerprint density at radius 3 is 2.48 bits per heavy atom. The van der Waals surface area contributed by atoms with E-state index in [0.29, 0.717) is 12.3 Å². The average molecular weight is 419 g/mol. The van der Waals surface area contributed by atoms with E-state index < -0.39 is 0 Å². The van der Waals surface area contributed by atoms with E-state index in [1.807, 2.05) is 55.5 Å². The van der Waals surface area contributed by atoms with Crippen LogP contribution < -0.4 is 20.5 Å². The summed E-state index contributed by atoms with van der Waals surface area (Å²) in [5, 5.41) is 3.01. The molecule has 2 unspecified atom stereocenters. The molecule has 6 heteroatoms. The number of benzene rings is 2. The zero-order valence-corrected chi connectivity index (χ0v) is 17.9. The minimum Gasteiger partial charge on any atom is -0.493 e. The first-order chi connectivity index (χ1) is 13.6. The van der Waals surface area contributed by atoms with Gasteiger partial charge in [0.15, 0.2) is 11.5 Å². The minimum absolute atomic E-state index is 0. The van der Waals surface area contributed by atoms with E-state index >= 15 is 0 Å². The number of rotatable bonds is 8. The number of carbonyl (C=O) groups excluding carboxylic acids is 1. The molecule has 3 N–H and O–H groups in total. The number of ether oxygens (including phenoxy) is 2. The summed E-state index contributed by atoms with van der Waals surface area (Å²) in [5.41, 5.74) is 8.16. The van der Waals surface area contributed by atoms with Crippen LogP contribution in [0.4, 0.5) is 0 Å². The van der Waals surface area contributed by atoms with E-state index in [4.69, 9.17) is 15.2 Å². The maximum absolute atomic E-state index is 12.7. The summed E-state index contributed by atoms with van der Waals surface area (Å²) in [6.07, 6.45) is 4.73. The molecule has 5 nitrogen and oxygen atoms in total. The van der Waals surface area contributed by atoms with Gasteiger partial charge in [0.25, 0.3) is 0 Å². The van der Waals surface area contributed by atoms with Crippen LogP contribution in [-0.4, -0.2) is 19.1 Å². The zero-order chi connectivity index (χ0) is 19.9. The molecule has 0 heterocycles. The molecule has 3 rings (SSSR count). The van der Waals surface area contributed by atoms with Gasteiger partial charge in [-0.15, -0.1) is 12.4 Å². The van der Waals surface area contributed by atoms with Crippen LogP contribution in [0, 0.1) is 5.92 Å². The van der Waals surface area contributed by atoms with Crippen LogP contribution >= 0.6 is 12.4 Å². The fourth-order valence-electron chi connectivity index (χ4n) is 3.64. The van der Waals surface area contributed by atoms with Gasteiger partial charge >= 0.3 is 0 Å². The number of nitrogens with one attached hydrogen (secondary N) is 1. The van der Waals surface area contributed by atoms with E-state index in [9.17, 15) is 4.79 Å². The maximum Gasteiger partial charge on any atom is 0.225 e. The van der Waals surface area contributed by atoms with Gasteiger partial charge in [0, 0.05) is 18.2 Å². The van der Waals surface area contributed by atoms with Crippen molar-refractivity contribution in [1.82, 2.24) is 5.32 Å². The van der Waals surface area contributed by atoms with Crippen molar-refractivity contribution in [1.29, 1.82) is 0 Å². The van der Waals surface area contributed by atoms with Crippen LogP contribution in [0.2, 0.25) is 0 Å². The van der Waals surface area contributed by atoms with Gasteiger partial charge in [-0.2, -0.15) is 0 Å². The number of methoxy groups -OCH3 is 1. The third-order valence-corrected chi connectivity index (χ3v) is 5.46. The molecule has 0 aromatic heterocycles. The summed E-state index contributed by atoms with van der Waals surface area (Å²) in [7, 11) is 1.64. The first kappa shape index (κ1) is 23.0. The molecule has 1 aliphatic rings. The molecule has 0 spiro atoms. The summed E-state index contributed by atoms with van der Waals surface area (Å²) in [4.78, 5) is 12.7. The third-order valence-electron chi connectivity index (χ3n) is 5.46. The average Bonchev–Trinajstić information content (AvgIpc) is 3.25. The van der Waals surface area contributed by atoms with Gasteiger partial charge in [-0.05, 0) is 37.3 Å². The van der Waals surface area contributed by atoms with Crippen molar-refractivity contribution in [2.75, 3.05) is 7.11 Å². The highest BCUT2D eigenvalue weighted by Crippen LogP contribution is 2.35. The Kier molecular flexibility index (Phi) is 8.80. The molecule has 0 aliphatic heterocycles. The van der Waals surface area contributed by atoms with Crippen LogP contribution in [-0.2, 0) is 11.3 Å². The maximum atomic E-state index is 12.7. The molecule has 158 valence electrons. The molecule has 1 aliphatic carbocycles. The Balaban J connectivity index is 0.00000300. The number of carbonyl (C=O) groups is 1.